The van der Waals surface area contributed by atoms with Crippen LogP contribution >= 0.6 is 0 Å². The summed E-state index contributed by atoms with van der Waals surface area (Å²) in [5.41, 5.74) is 0.718. The van der Waals surface area contributed by atoms with Gasteiger partial charge >= 0.3 is 0 Å². The Labute approximate surface area is 155 Å². The van der Waals surface area contributed by atoms with E-state index in [1.165, 1.54) is 32.4 Å². The van der Waals surface area contributed by atoms with E-state index >= 15 is 0 Å². The molecule has 0 aliphatic heterocycles. The van der Waals surface area contributed by atoms with Crippen molar-refractivity contribution in [2.45, 2.75) is 77.3 Å². The average molecular weight is 368 g/mol. The van der Waals surface area contributed by atoms with Gasteiger partial charge in [0.05, 0.1) is 7.11 Å². The van der Waals surface area contributed by atoms with Crippen LogP contribution in [0.1, 0.15) is 76.7 Å². The number of alkyl halides is 1. The summed E-state index contributed by atoms with van der Waals surface area (Å²) >= 11 is 0. The summed E-state index contributed by atoms with van der Waals surface area (Å²) in [6.45, 7) is 4.58. The third-order valence-electron chi connectivity index (χ3n) is 7.26. The molecule has 26 heavy (non-hydrogen) atoms. The van der Waals surface area contributed by atoms with Gasteiger partial charge in [-0.15, -0.1) is 0 Å². The molecule has 2 aliphatic rings. The zero-order valence-electron chi connectivity index (χ0n) is 16.2. The lowest BCUT2D eigenvalue weighted by Crippen LogP contribution is -2.35. The molecule has 1 aromatic carbocycles. The van der Waals surface area contributed by atoms with E-state index in [4.69, 9.17) is 4.74 Å². The minimum atomic E-state index is -0.964. The Balaban J connectivity index is 1.65. The van der Waals surface area contributed by atoms with Crippen LogP contribution in [0.15, 0.2) is 12.1 Å². The third kappa shape index (κ3) is 3.75. The van der Waals surface area contributed by atoms with Crippen molar-refractivity contribution in [3.05, 3.63) is 29.3 Å². The van der Waals surface area contributed by atoms with Crippen molar-refractivity contribution in [2.24, 2.45) is 17.3 Å². The molecule has 4 heteroatoms. The Morgan fingerprint density at radius 3 is 2.35 bits per heavy atom. The zero-order chi connectivity index (χ0) is 18.9. The number of methoxy groups -OCH3 is 1. The topological polar surface area (TPSA) is 9.23 Å². The molecule has 0 spiro atoms. The summed E-state index contributed by atoms with van der Waals surface area (Å²) in [6, 6.07) is 3.00. The standard InChI is InChI=1S/C22H31F3O/c1-4-22(2)11-9-14(10-12-22)16-6-5-15(13-18(16)23)17-7-8-19(26-3)21(25)20(17)24/h7-8,14-16,18H,4-6,9-13H2,1-3H3. The number of benzene rings is 1. The molecule has 2 fully saturated rings. The number of ether oxygens (including phenoxy) is 1. The molecule has 2 aliphatic carbocycles. The van der Waals surface area contributed by atoms with Gasteiger partial charge in [0.15, 0.2) is 11.6 Å². The first-order chi connectivity index (χ1) is 12.4. The minimum absolute atomic E-state index is 0.0822. The molecule has 3 rings (SSSR count). The smallest absolute Gasteiger partial charge is 0.200 e. The molecule has 0 amide bonds. The number of halogens is 3. The molecule has 3 unspecified atom stereocenters. The molecular formula is C22H31F3O. The normalized spacial score (nSPS) is 35.3. The van der Waals surface area contributed by atoms with Gasteiger partial charge in [-0.25, -0.2) is 8.78 Å². The van der Waals surface area contributed by atoms with Crippen LogP contribution in [0.2, 0.25) is 0 Å². The summed E-state index contributed by atoms with van der Waals surface area (Å²) < 4.78 is 48.2. The van der Waals surface area contributed by atoms with Crippen LogP contribution in [0.3, 0.4) is 0 Å². The molecule has 0 N–H and O–H groups in total. The fraction of sp³-hybridized carbons (Fsp3) is 0.727. The van der Waals surface area contributed by atoms with Crippen molar-refractivity contribution < 1.29 is 17.9 Å². The Kier molecular flexibility index (Phi) is 5.88. The molecule has 0 saturated heterocycles. The second kappa shape index (κ2) is 7.82. The van der Waals surface area contributed by atoms with Gasteiger partial charge in [-0.1, -0.05) is 26.3 Å². The number of hydrogen-bond acceptors (Lipinski definition) is 1. The van der Waals surface area contributed by atoms with Crippen LogP contribution < -0.4 is 4.74 Å². The van der Waals surface area contributed by atoms with Crippen molar-refractivity contribution >= 4 is 0 Å². The Morgan fingerprint density at radius 2 is 1.77 bits per heavy atom. The van der Waals surface area contributed by atoms with Gasteiger partial charge < -0.3 is 4.74 Å². The largest absolute Gasteiger partial charge is 0.494 e. The van der Waals surface area contributed by atoms with Crippen LogP contribution in [-0.4, -0.2) is 13.3 Å². The summed E-state index contributed by atoms with van der Waals surface area (Å²) in [7, 11) is 1.31. The molecule has 0 radical (unpaired) electrons. The maximum Gasteiger partial charge on any atom is 0.200 e. The molecule has 1 aromatic rings. The SMILES string of the molecule is CCC1(C)CCC(C2CCC(c3ccc(OC)c(F)c3F)CC2F)CC1. The lowest BCUT2D eigenvalue weighted by Gasteiger charge is -2.43. The van der Waals surface area contributed by atoms with E-state index in [0.29, 0.717) is 23.3 Å². The van der Waals surface area contributed by atoms with Gasteiger partial charge in [-0.05, 0) is 79.7 Å². The van der Waals surface area contributed by atoms with E-state index in [0.717, 1.165) is 25.7 Å². The third-order valence-corrected chi connectivity index (χ3v) is 7.26. The summed E-state index contributed by atoms with van der Waals surface area (Å²) in [5.74, 6) is -1.66. The molecular weight excluding hydrogens is 337 g/mol. The van der Waals surface area contributed by atoms with Crippen molar-refractivity contribution in [1.29, 1.82) is 0 Å². The van der Waals surface area contributed by atoms with Crippen molar-refractivity contribution in [3.8, 4) is 5.75 Å². The highest BCUT2D eigenvalue weighted by Gasteiger charge is 2.40. The van der Waals surface area contributed by atoms with Gasteiger partial charge in [-0.3, -0.25) is 0 Å². The van der Waals surface area contributed by atoms with Crippen LogP contribution in [0, 0.1) is 28.9 Å². The zero-order valence-corrected chi connectivity index (χ0v) is 16.2. The highest BCUT2D eigenvalue weighted by molar-refractivity contribution is 5.33. The Morgan fingerprint density at radius 1 is 1.08 bits per heavy atom. The van der Waals surface area contributed by atoms with Gasteiger partial charge in [0, 0.05) is 0 Å². The van der Waals surface area contributed by atoms with Crippen molar-refractivity contribution in [3.63, 3.8) is 0 Å². The van der Waals surface area contributed by atoms with E-state index in [-0.39, 0.29) is 17.6 Å². The Bertz CT molecular complexity index is 622. The highest BCUT2D eigenvalue weighted by Crippen LogP contribution is 2.49. The second-order valence-corrected chi connectivity index (χ2v) is 8.68. The summed E-state index contributed by atoms with van der Waals surface area (Å²) in [5, 5.41) is 0. The van der Waals surface area contributed by atoms with Crippen molar-refractivity contribution in [2.75, 3.05) is 7.11 Å². The lowest BCUT2D eigenvalue weighted by molar-refractivity contribution is 0.0523. The lowest BCUT2D eigenvalue weighted by atomic mass is 9.63. The first kappa shape index (κ1) is 19.6. The van der Waals surface area contributed by atoms with E-state index in [2.05, 4.69) is 13.8 Å². The van der Waals surface area contributed by atoms with Crippen LogP contribution in [-0.2, 0) is 0 Å². The van der Waals surface area contributed by atoms with Gasteiger partial charge in [0.25, 0.3) is 0 Å². The van der Waals surface area contributed by atoms with Gasteiger partial charge in [-0.2, -0.15) is 4.39 Å². The van der Waals surface area contributed by atoms with E-state index in [1.54, 1.807) is 6.07 Å². The molecule has 0 heterocycles. The summed E-state index contributed by atoms with van der Waals surface area (Å²) in [4.78, 5) is 0. The average Bonchev–Trinajstić information content (AvgIpc) is 2.65. The molecule has 146 valence electrons. The van der Waals surface area contributed by atoms with Crippen LogP contribution in [0.4, 0.5) is 13.2 Å². The fourth-order valence-corrected chi connectivity index (χ4v) is 5.09. The highest BCUT2D eigenvalue weighted by atomic mass is 19.2. The Hall–Kier alpha value is -1.19. The predicted molar refractivity (Wildman–Crippen MR) is 98.2 cm³/mol. The maximum absolute atomic E-state index is 15.0. The van der Waals surface area contributed by atoms with E-state index in [9.17, 15) is 13.2 Å². The van der Waals surface area contributed by atoms with E-state index < -0.39 is 17.8 Å². The minimum Gasteiger partial charge on any atom is -0.494 e. The van der Waals surface area contributed by atoms with Crippen LogP contribution in [0.5, 0.6) is 5.75 Å². The van der Waals surface area contributed by atoms with Gasteiger partial charge in [0.1, 0.15) is 6.17 Å². The molecule has 2 saturated carbocycles. The maximum atomic E-state index is 15.0. The molecule has 0 aromatic heterocycles. The number of rotatable bonds is 4. The molecule has 1 nitrogen and oxygen atoms in total. The first-order valence-corrected chi connectivity index (χ1v) is 10.0. The summed E-state index contributed by atoms with van der Waals surface area (Å²) in [6.07, 6.45) is 6.63. The molecule has 3 atom stereocenters. The van der Waals surface area contributed by atoms with Gasteiger partial charge in [0.2, 0.25) is 5.82 Å². The first-order valence-electron chi connectivity index (χ1n) is 10.0. The molecule has 0 bridgehead atoms. The fourth-order valence-electron chi connectivity index (χ4n) is 5.09. The monoisotopic (exact) mass is 368 g/mol. The van der Waals surface area contributed by atoms with Crippen molar-refractivity contribution in [1.82, 2.24) is 0 Å². The predicted octanol–water partition coefficient (Wildman–Crippen LogP) is 6.80. The van der Waals surface area contributed by atoms with Crippen LogP contribution in [0.25, 0.3) is 0 Å². The second-order valence-electron chi connectivity index (χ2n) is 8.68. The number of hydrogen-bond donors (Lipinski definition) is 0. The quantitative estimate of drug-likeness (QED) is 0.568. The van der Waals surface area contributed by atoms with E-state index in [1.807, 2.05) is 0 Å².